The SMILES string of the molecule is c1ccc(Cc2cnc(N3CCN(c4ncnc(Nc5ccc(OC6CCCNC6)cc5)n4)CC3)nc2)cc1. The average molecular weight is 524 g/mol. The van der Waals surface area contributed by atoms with Gasteiger partial charge in [-0.05, 0) is 54.8 Å². The molecule has 0 bridgehead atoms. The molecular formula is C29H33N9O. The summed E-state index contributed by atoms with van der Waals surface area (Å²) in [5, 5.41) is 6.66. The van der Waals surface area contributed by atoms with Crippen LogP contribution in [-0.2, 0) is 6.42 Å². The van der Waals surface area contributed by atoms with Crippen LogP contribution in [0.25, 0.3) is 0 Å². The van der Waals surface area contributed by atoms with Gasteiger partial charge in [0.1, 0.15) is 18.2 Å². The van der Waals surface area contributed by atoms with Gasteiger partial charge in [0.15, 0.2) is 0 Å². The number of rotatable bonds is 8. The van der Waals surface area contributed by atoms with E-state index in [4.69, 9.17) is 4.74 Å². The standard InChI is InChI=1S/C29H33N9O/c1-2-5-22(6-3-1)17-23-18-31-28(32-19-23)37-13-15-38(16-14-37)29-34-21-33-27(36-29)35-24-8-10-25(11-9-24)39-26-7-4-12-30-20-26/h1-3,5-6,8-11,18-19,21,26,30H,4,7,12-17,20H2,(H,33,34,35,36). The minimum atomic E-state index is 0.231. The van der Waals surface area contributed by atoms with Crippen LogP contribution in [0.1, 0.15) is 24.0 Å². The van der Waals surface area contributed by atoms with Crippen molar-refractivity contribution >= 4 is 23.5 Å². The highest BCUT2D eigenvalue weighted by molar-refractivity contribution is 5.55. The Morgan fingerprint density at radius 1 is 0.821 bits per heavy atom. The second-order valence-corrected chi connectivity index (χ2v) is 9.87. The number of piperazine rings is 1. The number of ether oxygens (including phenoxy) is 1. The largest absolute Gasteiger partial charge is 0.489 e. The van der Waals surface area contributed by atoms with Gasteiger partial charge in [-0.2, -0.15) is 4.98 Å². The van der Waals surface area contributed by atoms with Crippen molar-refractivity contribution in [2.45, 2.75) is 25.4 Å². The summed E-state index contributed by atoms with van der Waals surface area (Å²) in [6.07, 6.45) is 8.71. The topological polar surface area (TPSA) is 104 Å². The highest BCUT2D eigenvalue weighted by atomic mass is 16.5. The molecule has 6 rings (SSSR count). The Hall–Kier alpha value is -4.31. The maximum atomic E-state index is 6.08. The predicted octanol–water partition coefficient (Wildman–Crippen LogP) is 3.45. The number of piperidine rings is 1. The van der Waals surface area contributed by atoms with Gasteiger partial charge in [-0.1, -0.05) is 30.3 Å². The van der Waals surface area contributed by atoms with E-state index in [1.807, 2.05) is 42.7 Å². The fourth-order valence-corrected chi connectivity index (χ4v) is 4.90. The zero-order valence-corrected chi connectivity index (χ0v) is 21.9. The maximum Gasteiger partial charge on any atom is 0.231 e. The molecule has 2 aromatic carbocycles. The van der Waals surface area contributed by atoms with Gasteiger partial charge in [0, 0.05) is 57.2 Å². The molecule has 200 valence electrons. The van der Waals surface area contributed by atoms with E-state index in [1.165, 1.54) is 5.56 Å². The Morgan fingerprint density at radius 2 is 1.56 bits per heavy atom. The summed E-state index contributed by atoms with van der Waals surface area (Å²) in [6.45, 7) is 5.12. The molecule has 2 N–H and O–H groups in total. The van der Waals surface area contributed by atoms with Gasteiger partial charge >= 0.3 is 0 Å². The Balaban J connectivity index is 1.01. The fourth-order valence-electron chi connectivity index (χ4n) is 4.90. The molecule has 4 aromatic rings. The third-order valence-corrected chi connectivity index (χ3v) is 7.01. The van der Waals surface area contributed by atoms with E-state index < -0.39 is 0 Å². The normalized spacial score (nSPS) is 17.6. The number of hydrogen-bond acceptors (Lipinski definition) is 10. The quantitative estimate of drug-likeness (QED) is 0.357. The zero-order chi connectivity index (χ0) is 26.3. The molecule has 2 aliphatic rings. The molecule has 1 atom stereocenters. The molecule has 39 heavy (non-hydrogen) atoms. The summed E-state index contributed by atoms with van der Waals surface area (Å²) in [6, 6.07) is 18.3. The lowest BCUT2D eigenvalue weighted by atomic mass is 10.1. The minimum Gasteiger partial charge on any atom is -0.489 e. The van der Waals surface area contributed by atoms with Gasteiger partial charge in [0.25, 0.3) is 0 Å². The molecule has 10 heteroatoms. The first-order valence-corrected chi connectivity index (χ1v) is 13.6. The summed E-state index contributed by atoms with van der Waals surface area (Å²) in [5.74, 6) is 2.82. The molecule has 0 saturated carbocycles. The molecule has 0 spiro atoms. The van der Waals surface area contributed by atoms with Crippen molar-refractivity contribution in [3.63, 3.8) is 0 Å². The van der Waals surface area contributed by atoms with Crippen molar-refractivity contribution in [1.29, 1.82) is 0 Å². The lowest BCUT2D eigenvalue weighted by Crippen LogP contribution is -2.47. The second kappa shape index (κ2) is 12.0. The first-order valence-electron chi connectivity index (χ1n) is 13.6. The summed E-state index contributed by atoms with van der Waals surface area (Å²) < 4.78 is 6.08. The highest BCUT2D eigenvalue weighted by Gasteiger charge is 2.21. The van der Waals surface area contributed by atoms with Gasteiger partial charge in [-0.15, -0.1) is 0 Å². The summed E-state index contributed by atoms with van der Waals surface area (Å²) in [5.41, 5.74) is 3.27. The fraction of sp³-hybridized carbons (Fsp3) is 0.345. The van der Waals surface area contributed by atoms with Crippen molar-refractivity contribution in [2.24, 2.45) is 0 Å². The lowest BCUT2D eigenvalue weighted by Gasteiger charge is -2.34. The molecule has 4 heterocycles. The van der Waals surface area contributed by atoms with E-state index >= 15 is 0 Å². The minimum absolute atomic E-state index is 0.231. The highest BCUT2D eigenvalue weighted by Crippen LogP contribution is 2.22. The third-order valence-electron chi connectivity index (χ3n) is 7.01. The van der Waals surface area contributed by atoms with Gasteiger partial charge in [-0.3, -0.25) is 0 Å². The summed E-state index contributed by atoms with van der Waals surface area (Å²) >= 11 is 0. The smallest absolute Gasteiger partial charge is 0.231 e. The second-order valence-electron chi connectivity index (χ2n) is 9.87. The van der Waals surface area contributed by atoms with E-state index in [2.05, 4.69) is 69.6 Å². The Morgan fingerprint density at radius 3 is 2.28 bits per heavy atom. The van der Waals surface area contributed by atoms with Crippen molar-refractivity contribution in [3.8, 4) is 5.75 Å². The molecule has 0 amide bonds. The van der Waals surface area contributed by atoms with Crippen LogP contribution in [0.5, 0.6) is 5.75 Å². The average Bonchev–Trinajstić information content (AvgIpc) is 3.00. The Bertz CT molecular complexity index is 1320. The summed E-state index contributed by atoms with van der Waals surface area (Å²) in [4.78, 5) is 27.0. The molecule has 0 aliphatic carbocycles. The van der Waals surface area contributed by atoms with Crippen LogP contribution < -0.4 is 25.2 Å². The summed E-state index contributed by atoms with van der Waals surface area (Å²) in [7, 11) is 0. The number of hydrogen-bond donors (Lipinski definition) is 2. The molecule has 10 nitrogen and oxygen atoms in total. The molecule has 2 aromatic heterocycles. The van der Waals surface area contributed by atoms with Crippen LogP contribution in [0.4, 0.5) is 23.5 Å². The van der Waals surface area contributed by atoms with E-state index in [-0.39, 0.29) is 6.10 Å². The lowest BCUT2D eigenvalue weighted by molar-refractivity contribution is 0.167. The number of nitrogens with one attached hydrogen (secondary N) is 2. The van der Waals surface area contributed by atoms with Crippen LogP contribution >= 0.6 is 0 Å². The van der Waals surface area contributed by atoms with Crippen LogP contribution in [0, 0.1) is 0 Å². The van der Waals surface area contributed by atoms with Crippen molar-refractivity contribution in [1.82, 2.24) is 30.2 Å². The Labute approximate surface area is 228 Å². The monoisotopic (exact) mass is 523 g/mol. The van der Waals surface area contributed by atoms with Gasteiger partial charge < -0.3 is 25.2 Å². The van der Waals surface area contributed by atoms with Crippen LogP contribution in [-0.4, -0.2) is 70.3 Å². The van der Waals surface area contributed by atoms with Gasteiger partial charge in [0.05, 0.1) is 0 Å². The molecule has 1 unspecified atom stereocenters. The van der Waals surface area contributed by atoms with Crippen molar-refractivity contribution in [3.05, 3.63) is 84.4 Å². The van der Waals surface area contributed by atoms with Crippen molar-refractivity contribution in [2.75, 3.05) is 54.4 Å². The molecule has 2 saturated heterocycles. The van der Waals surface area contributed by atoms with E-state index in [9.17, 15) is 0 Å². The van der Waals surface area contributed by atoms with E-state index in [0.29, 0.717) is 11.9 Å². The molecular weight excluding hydrogens is 490 g/mol. The van der Waals surface area contributed by atoms with Crippen LogP contribution in [0.2, 0.25) is 0 Å². The number of benzene rings is 2. The first kappa shape index (κ1) is 25.0. The van der Waals surface area contributed by atoms with E-state index in [1.54, 1.807) is 6.33 Å². The van der Waals surface area contributed by atoms with Gasteiger partial charge in [-0.25, -0.2) is 19.9 Å². The zero-order valence-electron chi connectivity index (χ0n) is 21.9. The number of anilines is 4. The number of aromatic nitrogens is 5. The maximum absolute atomic E-state index is 6.08. The van der Waals surface area contributed by atoms with E-state index in [0.717, 1.165) is 81.5 Å². The molecule has 2 aliphatic heterocycles. The van der Waals surface area contributed by atoms with Gasteiger partial charge in [0.2, 0.25) is 17.8 Å². The first-order chi connectivity index (χ1) is 19.3. The predicted molar refractivity (Wildman–Crippen MR) is 152 cm³/mol. The Kier molecular flexibility index (Phi) is 7.71. The van der Waals surface area contributed by atoms with Crippen LogP contribution in [0.15, 0.2) is 73.3 Å². The van der Waals surface area contributed by atoms with Crippen LogP contribution in [0.3, 0.4) is 0 Å². The molecule has 0 radical (unpaired) electrons. The van der Waals surface area contributed by atoms with Crippen molar-refractivity contribution < 1.29 is 4.74 Å². The molecule has 2 fully saturated rings. The third kappa shape index (κ3) is 6.58. The number of nitrogens with zero attached hydrogens (tertiary/aromatic N) is 7.